The van der Waals surface area contributed by atoms with Gasteiger partial charge in [-0.3, -0.25) is 29.0 Å². The number of hydrogen-bond acceptors (Lipinski definition) is 18. The Bertz CT molecular complexity index is 2040. The normalized spacial score (nSPS) is 12.4. The van der Waals surface area contributed by atoms with Crippen LogP contribution >= 0.6 is 0 Å². The lowest BCUT2D eigenvalue weighted by atomic mass is 9.96. The number of nitrogens with zero attached hydrogens (tertiary/aromatic N) is 4. The molecule has 19 nitrogen and oxygen atoms in total. The number of esters is 3. The van der Waals surface area contributed by atoms with Crippen LogP contribution in [0.2, 0.25) is 0 Å². The number of carboxylic acids is 1. The molecule has 0 aliphatic carbocycles. The number of carbonyl (C=O) groups excluding carboxylic acids is 5. The molecular formula is C94H186N4O15. The van der Waals surface area contributed by atoms with E-state index in [0.717, 1.165) is 213 Å². The zero-order chi connectivity index (χ0) is 83.9. The summed E-state index contributed by atoms with van der Waals surface area (Å²) in [6, 6.07) is 0. The SMILES string of the molecule is CCCCCCC(=O)O.CCCCCCC(CCCC)COC(=O)CCCCCCCCC(CCCCCC)OC(=O)OCCN(CCO)CCN(CC)CC.CCCCCCCCC(=O)OCCN(CCOC(=O)OC(CCCCCC)CCCCCCCCC(=O)OCC(CCCC)CCCCCC)CCN(CC)CC. The standard InChI is InChI=1S/C48H94N2O7.C39H78N2O6.C7H14O2/c1-7-13-17-20-24-29-35-46(51)54-41-39-50(38-37-49(11-5)12-6)40-42-55-48(53)57-45(33-27-19-15-9-3)34-28-23-21-22-25-30-36-47(52)56-43-44(31-16-10-4)32-26-18-14-8-2;1-6-11-14-20-25-36(24-13-8-3)35-46-38(43)28-23-19-17-16-18-22-27-37(26-21-15-12-7-2)47-39(44)45-34-32-41(31-33-42)30-29-40(9-4)10-5;1-2-3-4-5-6-7(8)9/h44-45H,7-43H2,1-6H3;36-37,42H,6-35H2,1-5H3;2-6H2,1H3,(H,8,9). The third kappa shape index (κ3) is 83.1. The molecule has 0 amide bonds. The van der Waals surface area contributed by atoms with Crippen molar-refractivity contribution in [1.29, 1.82) is 0 Å². The first-order valence-electron chi connectivity index (χ1n) is 47.9. The number of likely N-dealkylation sites (N-methyl/N-ethyl adjacent to an activating group) is 2. The number of rotatable bonds is 83. The Balaban J connectivity index is -0.00000195. The van der Waals surface area contributed by atoms with E-state index >= 15 is 0 Å². The Labute approximate surface area is 696 Å². The molecule has 0 rings (SSSR count). The Hall–Kier alpha value is -3.78. The number of aliphatic carboxylic acids is 1. The molecule has 0 aliphatic rings. The van der Waals surface area contributed by atoms with Crippen LogP contribution in [0.4, 0.5) is 9.59 Å². The van der Waals surface area contributed by atoms with Crippen molar-refractivity contribution in [2.75, 3.05) is 118 Å². The van der Waals surface area contributed by atoms with Gasteiger partial charge in [-0.15, -0.1) is 0 Å². The number of aliphatic hydroxyl groups excluding tert-OH is 1. The highest BCUT2D eigenvalue weighted by Gasteiger charge is 2.21. The van der Waals surface area contributed by atoms with Crippen molar-refractivity contribution in [3.8, 4) is 0 Å². The molecule has 0 heterocycles. The molecule has 19 heteroatoms. The molecule has 0 bridgehead atoms. The molecule has 0 fully saturated rings. The van der Waals surface area contributed by atoms with Crippen molar-refractivity contribution in [1.82, 2.24) is 19.6 Å². The molecule has 113 heavy (non-hydrogen) atoms. The van der Waals surface area contributed by atoms with Gasteiger partial charge in [0.15, 0.2) is 0 Å². The Morgan fingerprint density at radius 2 is 0.504 bits per heavy atom. The van der Waals surface area contributed by atoms with E-state index in [2.05, 4.69) is 103 Å². The Morgan fingerprint density at radius 3 is 0.823 bits per heavy atom. The summed E-state index contributed by atoms with van der Waals surface area (Å²) in [5.74, 6) is 0.171. The van der Waals surface area contributed by atoms with Gasteiger partial charge in [0.2, 0.25) is 0 Å². The summed E-state index contributed by atoms with van der Waals surface area (Å²) in [5, 5.41) is 17.6. The highest BCUT2D eigenvalue weighted by atomic mass is 16.7. The van der Waals surface area contributed by atoms with Crippen LogP contribution in [0.3, 0.4) is 0 Å². The maximum Gasteiger partial charge on any atom is 0.508 e. The van der Waals surface area contributed by atoms with Gasteiger partial charge in [0.1, 0.15) is 32.0 Å². The van der Waals surface area contributed by atoms with E-state index in [1.165, 1.54) is 161 Å². The average molecular weight is 1610 g/mol. The van der Waals surface area contributed by atoms with Gasteiger partial charge in [-0.25, -0.2) is 9.59 Å². The van der Waals surface area contributed by atoms with Crippen molar-refractivity contribution in [3.05, 3.63) is 0 Å². The van der Waals surface area contributed by atoms with E-state index in [9.17, 15) is 33.9 Å². The number of carbonyl (C=O) groups is 6. The fourth-order valence-electron chi connectivity index (χ4n) is 14.1. The fraction of sp³-hybridized carbons (Fsp3) is 0.936. The summed E-state index contributed by atoms with van der Waals surface area (Å²) >= 11 is 0. The molecule has 0 aromatic carbocycles. The van der Waals surface area contributed by atoms with Crippen LogP contribution in [0.5, 0.6) is 0 Å². The zero-order valence-electron chi connectivity index (χ0n) is 76.2. The summed E-state index contributed by atoms with van der Waals surface area (Å²) in [7, 11) is 0. The van der Waals surface area contributed by atoms with Crippen LogP contribution in [-0.4, -0.2) is 196 Å². The van der Waals surface area contributed by atoms with Crippen LogP contribution in [0.25, 0.3) is 0 Å². The summed E-state index contributed by atoms with van der Waals surface area (Å²) < 4.78 is 39.7. The van der Waals surface area contributed by atoms with E-state index in [0.29, 0.717) is 83.5 Å². The molecular weight excluding hydrogens is 1430 g/mol. The monoisotopic (exact) mass is 1610 g/mol. The first-order chi connectivity index (χ1) is 55.0. The van der Waals surface area contributed by atoms with Crippen molar-refractivity contribution in [3.63, 3.8) is 0 Å². The third-order valence-corrected chi connectivity index (χ3v) is 22.0. The second kappa shape index (κ2) is 90.5. The summed E-state index contributed by atoms with van der Waals surface area (Å²) in [5.41, 5.74) is 0. The molecule has 2 N–H and O–H groups in total. The van der Waals surface area contributed by atoms with Crippen LogP contribution in [-0.2, 0) is 52.3 Å². The van der Waals surface area contributed by atoms with E-state index in [1.807, 2.05) is 0 Å². The molecule has 672 valence electrons. The van der Waals surface area contributed by atoms with Crippen LogP contribution in [0, 0.1) is 11.8 Å². The minimum Gasteiger partial charge on any atom is -0.481 e. The van der Waals surface area contributed by atoms with Gasteiger partial charge in [0.05, 0.1) is 19.8 Å². The Morgan fingerprint density at radius 1 is 0.257 bits per heavy atom. The molecule has 4 atom stereocenters. The largest absolute Gasteiger partial charge is 0.508 e. The molecule has 0 spiro atoms. The summed E-state index contributed by atoms with van der Waals surface area (Å²) in [6.45, 7) is 38.3. The summed E-state index contributed by atoms with van der Waals surface area (Å²) in [6.07, 6.45) is 56.5. The fourth-order valence-corrected chi connectivity index (χ4v) is 14.1. The molecule has 0 radical (unpaired) electrons. The predicted molar refractivity (Wildman–Crippen MR) is 470 cm³/mol. The second-order valence-corrected chi connectivity index (χ2v) is 32.2. The van der Waals surface area contributed by atoms with E-state index in [-0.39, 0.29) is 49.9 Å². The lowest BCUT2D eigenvalue weighted by Gasteiger charge is -2.26. The lowest BCUT2D eigenvalue weighted by Crippen LogP contribution is -2.39. The van der Waals surface area contributed by atoms with Gasteiger partial charge < -0.3 is 53.2 Å². The smallest absolute Gasteiger partial charge is 0.481 e. The predicted octanol–water partition coefficient (Wildman–Crippen LogP) is 24.5. The zero-order valence-corrected chi connectivity index (χ0v) is 76.2. The molecule has 0 aromatic heterocycles. The van der Waals surface area contributed by atoms with Gasteiger partial charge in [0, 0.05) is 78.0 Å². The van der Waals surface area contributed by atoms with Gasteiger partial charge in [-0.1, -0.05) is 301 Å². The number of carboxylic acid groups (broad SMARTS) is 1. The molecule has 0 saturated heterocycles. The quantitative estimate of drug-likeness (QED) is 0.0328. The van der Waals surface area contributed by atoms with Gasteiger partial charge in [-0.2, -0.15) is 0 Å². The van der Waals surface area contributed by atoms with Crippen molar-refractivity contribution < 1.29 is 72.1 Å². The van der Waals surface area contributed by atoms with Gasteiger partial charge >= 0.3 is 36.2 Å². The van der Waals surface area contributed by atoms with Crippen LogP contribution < -0.4 is 0 Å². The highest BCUT2D eigenvalue weighted by Crippen LogP contribution is 2.23. The van der Waals surface area contributed by atoms with Gasteiger partial charge in [-0.05, 0) is 141 Å². The molecule has 0 aromatic rings. The molecule has 0 aliphatic heterocycles. The first kappa shape index (κ1) is 113. The van der Waals surface area contributed by atoms with Crippen molar-refractivity contribution in [2.24, 2.45) is 11.8 Å². The minimum absolute atomic E-state index is 0.0317. The average Bonchev–Trinajstić information content (AvgIpc) is 0.953. The van der Waals surface area contributed by atoms with Crippen molar-refractivity contribution >= 4 is 36.2 Å². The van der Waals surface area contributed by atoms with Gasteiger partial charge in [0.25, 0.3) is 0 Å². The van der Waals surface area contributed by atoms with E-state index in [4.69, 9.17) is 38.3 Å². The first-order valence-corrected chi connectivity index (χ1v) is 47.9. The van der Waals surface area contributed by atoms with Crippen LogP contribution in [0.1, 0.15) is 430 Å². The third-order valence-electron chi connectivity index (χ3n) is 22.0. The number of aliphatic hydroxyl groups is 1. The topological polar surface area (TPSA) is 220 Å². The maximum absolute atomic E-state index is 12.9. The number of ether oxygens (including phenoxy) is 7. The number of hydrogen-bond donors (Lipinski definition) is 2. The second-order valence-electron chi connectivity index (χ2n) is 32.2. The highest BCUT2D eigenvalue weighted by molar-refractivity contribution is 5.70. The van der Waals surface area contributed by atoms with E-state index < -0.39 is 18.3 Å². The minimum atomic E-state index is -0.675. The molecule has 0 saturated carbocycles. The van der Waals surface area contributed by atoms with Crippen LogP contribution in [0.15, 0.2) is 0 Å². The Kier molecular flexibility index (Phi) is 90.8. The van der Waals surface area contributed by atoms with Crippen molar-refractivity contribution in [2.45, 2.75) is 442 Å². The lowest BCUT2D eigenvalue weighted by molar-refractivity contribution is -0.146. The molecule has 4 unspecified atom stereocenters. The van der Waals surface area contributed by atoms with E-state index in [1.54, 1.807) is 0 Å². The number of unbranched alkanes of at least 4 members (excludes halogenated alkanes) is 32. The maximum atomic E-state index is 12.9. The summed E-state index contributed by atoms with van der Waals surface area (Å²) in [4.78, 5) is 81.5.